The second-order valence-electron chi connectivity index (χ2n) is 5.43. The molecule has 5 heteroatoms. The zero-order valence-electron chi connectivity index (χ0n) is 11.8. The van der Waals surface area contributed by atoms with E-state index in [2.05, 4.69) is 45.6 Å². The molecule has 20 heavy (non-hydrogen) atoms. The lowest BCUT2D eigenvalue weighted by molar-refractivity contribution is -0.131. The van der Waals surface area contributed by atoms with Gasteiger partial charge in [0.2, 0.25) is 5.91 Å². The van der Waals surface area contributed by atoms with Crippen LogP contribution in [-0.4, -0.2) is 60.7 Å². The number of amides is 1. The molecule has 2 saturated heterocycles. The summed E-state index contributed by atoms with van der Waals surface area (Å²) >= 11 is 1.77. The number of fused-ring (bicyclic) bond motifs is 1. The highest BCUT2D eigenvalue weighted by molar-refractivity contribution is 7.98. The molecule has 0 aliphatic carbocycles. The number of nitrogens with zero attached hydrogens (tertiary/aromatic N) is 2. The Labute approximate surface area is 124 Å². The van der Waals surface area contributed by atoms with Crippen molar-refractivity contribution in [2.24, 2.45) is 0 Å². The maximum atomic E-state index is 11.9. The molecule has 0 saturated carbocycles. The Balaban J connectivity index is 1.65. The van der Waals surface area contributed by atoms with Gasteiger partial charge in [-0.05, 0) is 24.0 Å². The van der Waals surface area contributed by atoms with Crippen molar-refractivity contribution >= 4 is 17.7 Å². The molecule has 1 atom stereocenters. The standard InChI is InChI=1S/C15H21N3OS/c1-20-13-4-2-3-12(9-13)10-17-7-8-18-6-5-16-15(19)14(18)11-17/h2-4,9,14H,5-8,10-11H2,1H3,(H,16,19)/t14-/m0/s1. The maximum absolute atomic E-state index is 11.9. The van der Waals surface area contributed by atoms with Gasteiger partial charge in [-0.15, -0.1) is 11.8 Å². The average molecular weight is 291 g/mol. The summed E-state index contributed by atoms with van der Waals surface area (Å²) in [6.45, 7) is 5.62. The first-order valence-corrected chi connectivity index (χ1v) is 8.36. The fourth-order valence-electron chi connectivity index (χ4n) is 3.01. The van der Waals surface area contributed by atoms with Crippen molar-refractivity contribution in [2.45, 2.75) is 17.5 Å². The van der Waals surface area contributed by atoms with Crippen LogP contribution in [0.15, 0.2) is 29.2 Å². The quantitative estimate of drug-likeness (QED) is 0.844. The third kappa shape index (κ3) is 3.00. The van der Waals surface area contributed by atoms with E-state index in [1.165, 1.54) is 10.5 Å². The molecular weight excluding hydrogens is 270 g/mol. The molecule has 2 heterocycles. The second kappa shape index (κ2) is 6.16. The summed E-state index contributed by atoms with van der Waals surface area (Å²) in [5.41, 5.74) is 1.33. The summed E-state index contributed by atoms with van der Waals surface area (Å²) in [7, 11) is 0. The van der Waals surface area contributed by atoms with E-state index in [0.717, 1.165) is 39.3 Å². The van der Waals surface area contributed by atoms with Crippen molar-refractivity contribution < 1.29 is 4.79 Å². The van der Waals surface area contributed by atoms with Crippen molar-refractivity contribution in [1.82, 2.24) is 15.1 Å². The molecule has 1 aromatic carbocycles. The van der Waals surface area contributed by atoms with Gasteiger partial charge in [0, 0.05) is 44.2 Å². The van der Waals surface area contributed by atoms with Crippen molar-refractivity contribution in [3.05, 3.63) is 29.8 Å². The Morgan fingerprint density at radius 2 is 2.25 bits per heavy atom. The van der Waals surface area contributed by atoms with Crippen molar-refractivity contribution in [3.63, 3.8) is 0 Å². The minimum absolute atomic E-state index is 0.0428. The van der Waals surface area contributed by atoms with Crippen LogP contribution in [0.2, 0.25) is 0 Å². The molecule has 108 valence electrons. The molecule has 1 aromatic rings. The second-order valence-corrected chi connectivity index (χ2v) is 6.31. The molecule has 1 amide bonds. The van der Waals surface area contributed by atoms with E-state index in [1.54, 1.807) is 11.8 Å². The van der Waals surface area contributed by atoms with E-state index >= 15 is 0 Å². The van der Waals surface area contributed by atoms with E-state index in [1.807, 2.05) is 0 Å². The van der Waals surface area contributed by atoms with Crippen molar-refractivity contribution in [2.75, 3.05) is 39.0 Å². The minimum Gasteiger partial charge on any atom is -0.353 e. The number of carbonyl (C=O) groups is 1. The number of rotatable bonds is 3. The summed E-state index contributed by atoms with van der Waals surface area (Å²) in [5, 5.41) is 2.97. The van der Waals surface area contributed by atoms with E-state index in [9.17, 15) is 4.79 Å². The Morgan fingerprint density at radius 3 is 3.10 bits per heavy atom. The van der Waals surface area contributed by atoms with Gasteiger partial charge in [0.15, 0.2) is 0 Å². The predicted octanol–water partition coefficient (Wildman–Crippen LogP) is 1.02. The van der Waals surface area contributed by atoms with E-state index in [4.69, 9.17) is 0 Å². The molecule has 0 aromatic heterocycles. The summed E-state index contributed by atoms with van der Waals surface area (Å²) in [4.78, 5) is 18.0. The number of hydrogen-bond donors (Lipinski definition) is 1. The summed E-state index contributed by atoms with van der Waals surface area (Å²) in [6, 6.07) is 8.72. The number of carbonyl (C=O) groups excluding carboxylic acids is 1. The Morgan fingerprint density at radius 1 is 1.35 bits per heavy atom. The largest absolute Gasteiger partial charge is 0.353 e. The van der Waals surface area contributed by atoms with Crippen LogP contribution in [0, 0.1) is 0 Å². The Bertz CT molecular complexity index is 494. The smallest absolute Gasteiger partial charge is 0.238 e. The van der Waals surface area contributed by atoms with Crippen LogP contribution in [0.5, 0.6) is 0 Å². The van der Waals surface area contributed by atoms with Crippen LogP contribution in [0.3, 0.4) is 0 Å². The number of hydrogen-bond acceptors (Lipinski definition) is 4. The van der Waals surface area contributed by atoms with Crippen molar-refractivity contribution in [3.8, 4) is 0 Å². The van der Waals surface area contributed by atoms with Crippen molar-refractivity contribution in [1.29, 1.82) is 0 Å². The minimum atomic E-state index is 0.0428. The summed E-state index contributed by atoms with van der Waals surface area (Å²) in [6.07, 6.45) is 2.10. The van der Waals surface area contributed by atoms with Crippen LogP contribution in [0.4, 0.5) is 0 Å². The lowest BCUT2D eigenvalue weighted by Crippen LogP contribution is -2.63. The van der Waals surface area contributed by atoms with Gasteiger partial charge in [-0.25, -0.2) is 0 Å². The first-order chi connectivity index (χ1) is 9.76. The summed E-state index contributed by atoms with van der Waals surface area (Å²) in [5.74, 6) is 0.193. The first-order valence-electron chi connectivity index (χ1n) is 7.13. The Hall–Kier alpha value is -1.04. The van der Waals surface area contributed by atoms with Crippen LogP contribution in [0.1, 0.15) is 5.56 Å². The average Bonchev–Trinajstić information content (AvgIpc) is 2.48. The molecule has 4 nitrogen and oxygen atoms in total. The normalized spacial score (nSPS) is 24.2. The van der Waals surface area contributed by atoms with E-state index in [-0.39, 0.29) is 11.9 Å². The lowest BCUT2D eigenvalue weighted by Gasteiger charge is -2.43. The number of benzene rings is 1. The SMILES string of the molecule is CSc1cccc(CN2CCN3CCNC(=O)[C@@H]3C2)c1. The van der Waals surface area contributed by atoms with E-state index in [0.29, 0.717) is 0 Å². The highest BCUT2D eigenvalue weighted by atomic mass is 32.2. The molecule has 0 bridgehead atoms. The van der Waals surface area contributed by atoms with Gasteiger partial charge in [-0.1, -0.05) is 12.1 Å². The molecule has 1 N–H and O–H groups in total. The molecule has 0 radical (unpaired) electrons. The zero-order valence-corrected chi connectivity index (χ0v) is 12.7. The van der Waals surface area contributed by atoms with E-state index < -0.39 is 0 Å². The van der Waals surface area contributed by atoms with Crippen LogP contribution >= 0.6 is 11.8 Å². The molecule has 0 unspecified atom stereocenters. The molecule has 2 aliphatic rings. The van der Waals surface area contributed by atoms with Gasteiger partial charge < -0.3 is 5.32 Å². The molecular formula is C15H21N3OS. The lowest BCUT2D eigenvalue weighted by atomic mass is 10.1. The fourth-order valence-corrected chi connectivity index (χ4v) is 3.49. The summed E-state index contributed by atoms with van der Waals surface area (Å²) < 4.78 is 0. The van der Waals surface area contributed by atoms with Gasteiger partial charge in [-0.2, -0.15) is 0 Å². The molecule has 2 aliphatic heterocycles. The zero-order chi connectivity index (χ0) is 13.9. The number of nitrogens with one attached hydrogen (secondary N) is 1. The highest BCUT2D eigenvalue weighted by Gasteiger charge is 2.34. The van der Waals surface area contributed by atoms with Crippen LogP contribution in [0.25, 0.3) is 0 Å². The third-order valence-electron chi connectivity index (χ3n) is 4.12. The third-order valence-corrected chi connectivity index (χ3v) is 4.84. The highest BCUT2D eigenvalue weighted by Crippen LogP contribution is 2.19. The van der Waals surface area contributed by atoms with Gasteiger partial charge >= 0.3 is 0 Å². The van der Waals surface area contributed by atoms with Crippen LogP contribution < -0.4 is 5.32 Å². The van der Waals surface area contributed by atoms with Gasteiger partial charge in [0.25, 0.3) is 0 Å². The first kappa shape index (κ1) is 13.9. The fraction of sp³-hybridized carbons (Fsp3) is 0.533. The number of piperazine rings is 2. The topological polar surface area (TPSA) is 35.6 Å². The van der Waals surface area contributed by atoms with Crippen LogP contribution in [-0.2, 0) is 11.3 Å². The predicted molar refractivity (Wildman–Crippen MR) is 81.9 cm³/mol. The Kier molecular flexibility index (Phi) is 4.29. The molecule has 0 spiro atoms. The number of thioether (sulfide) groups is 1. The molecule has 3 rings (SSSR count). The monoisotopic (exact) mass is 291 g/mol. The van der Waals surface area contributed by atoms with Gasteiger partial charge in [-0.3, -0.25) is 14.6 Å². The van der Waals surface area contributed by atoms with Gasteiger partial charge in [0.05, 0.1) is 0 Å². The maximum Gasteiger partial charge on any atom is 0.238 e. The van der Waals surface area contributed by atoms with Gasteiger partial charge in [0.1, 0.15) is 6.04 Å². The molecule has 2 fully saturated rings.